The molecule has 0 fully saturated rings. The Kier molecular flexibility index (Phi) is 20.5. The molecule has 25 heavy (non-hydrogen) atoms. The van der Waals surface area contributed by atoms with Crippen molar-refractivity contribution in [3.63, 3.8) is 0 Å². The van der Waals surface area contributed by atoms with E-state index < -0.39 is 15.4 Å². The summed E-state index contributed by atoms with van der Waals surface area (Å²) in [5.74, 6) is 0. The maximum atomic E-state index is 11.3. The Hall–Kier alpha value is 0.870. The fraction of sp³-hybridized carbons (Fsp3) is 1.00. The molecular formula is C19H39NaO4S. The summed E-state index contributed by atoms with van der Waals surface area (Å²) in [6, 6.07) is 0. The summed E-state index contributed by atoms with van der Waals surface area (Å²) in [5.41, 5.74) is 0. The SMILES string of the molecule is CCCCCC(CCCCCCCCC(O)CCCC)S(=O)(=O)[O-].[Na+]. The van der Waals surface area contributed by atoms with Crippen molar-refractivity contribution in [2.24, 2.45) is 0 Å². The van der Waals surface area contributed by atoms with Gasteiger partial charge in [-0.15, -0.1) is 0 Å². The third-order valence-corrected chi connectivity index (χ3v) is 6.03. The van der Waals surface area contributed by atoms with Gasteiger partial charge in [-0.1, -0.05) is 84.5 Å². The summed E-state index contributed by atoms with van der Waals surface area (Å²) < 4.78 is 33.9. The van der Waals surface area contributed by atoms with Crippen LogP contribution in [0.3, 0.4) is 0 Å². The van der Waals surface area contributed by atoms with Crippen molar-refractivity contribution in [2.75, 3.05) is 0 Å². The third-order valence-electron chi connectivity index (χ3n) is 4.74. The second kappa shape index (κ2) is 18.2. The van der Waals surface area contributed by atoms with E-state index in [2.05, 4.69) is 13.8 Å². The average Bonchev–Trinajstić information content (AvgIpc) is 2.52. The third kappa shape index (κ3) is 18.0. The van der Waals surface area contributed by atoms with E-state index >= 15 is 0 Å². The Morgan fingerprint density at radius 1 is 0.720 bits per heavy atom. The fourth-order valence-electron chi connectivity index (χ4n) is 3.10. The number of hydrogen-bond acceptors (Lipinski definition) is 4. The zero-order chi connectivity index (χ0) is 18.3. The van der Waals surface area contributed by atoms with Gasteiger partial charge in [0.25, 0.3) is 0 Å². The van der Waals surface area contributed by atoms with Crippen molar-refractivity contribution < 1.29 is 47.6 Å². The van der Waals surface area contributed by atoms with E-state index in [9.17, 15) is 18.1 Å². The maximum Gasteiger partial charge on any atom is 1.00 e. The second-order valence-electron chi connectivity index (χ2n) is 7.11. The first-order valence-corrected chi connectivity index (χ1v) is 11.5. The van der Waals surface area contributed by atoms with E-state index in [-0.39, 0.29) is 35.7 Å². The quantitative estimate of drug-likeness (QED) is 0.236. The van der Waals surface area contributed by atoms with Crippen LogP contribution in [0.4, 0.5) is 0 Å². The molecule has 146 valence electrons. The Labute approximate surface area is 178 Å². The number of rotatable bonds is 17. The minimum absolute atomic E-state index is 0. The monoisotopic (exact) mass is 386 g/mol. The van der Waals surface area contributed by atoms with Crippen LogP contribution in [-0.2, 0) is 10.1 Å². The van der Waals surface area contributed by atoms with Crippen LogP contribution >= 0.6 is 0 Å². The van der Waals surface area contributed by atoms with Crippen LogP contribution in [0.25, 0.3) is 0 Å². The Morgan fingerprint density at radius 2 is 1.12 bits per heavy atom. The van der Waals surface area contributed by atoms with Gasteiger partial charge in [0.1, 0.15) is 0 Å². The number of aliphatic hydroxyl groups excluding tert-OH is 1. The topological polar surface area (TPSA) is 77.4 Å². The van der Waals surface area contributed by atoms with Gasteiger partial charge >= 0.3 is 29.6 Å². The summed E-state index contributed by atoms with van der Waals surface area (Å²) in [4.78, 5) is 0. The molecule has 0 aliphatic carbocycles. The van der Waals surface area contributed by atoms with Gasteiger partial charge in [-0.05, 0) is 25.7 Å². The van der Waals surface area contributed by atoms with Gasteiger partial charge in [0.15, 0.2) is 0 Å². The van der Waals surface area contributed by atoms with Crippen molar-refractivity contribution >= 4 is 10.1 Å². The summed E-state index contributed by atoms with van der Waals surface area (Å²) >= 11 is 0. The molecule has 0 aliphatic rings. The molecule has 0 bridgehead atoms. The molecule has 1 N–H and O–H groups in total. The second-order valence-corrected chi connectivity index (χ2v) is 8.76. The van der Waals surface area contributed by atoms with Crippen LogP contribution < -0.4 is 29.6 Å². The van der Waals surface area contributed by atoms with Crippen molar-refractivity contribution in [1.82, 2.24) is 0 Å². The van der Waals surface area contributed by atoms with Crippen molar-refractivity contribution in [1.29, 1.82) is 0 Å². The molecule has 0 aromatic heterocycles. The molecule has 0 saturated heterocycles. The molecule has 0 saturated carbocycles. The molecule has 4 nitrogen and oxygen atoms in total. The molecule has 0 rings (SSSR count). The molecule has 0 aromatic rings. The minimum Gasteiger partial charge on any atom is -0.748 e. The summed E-state index contributed by atoms with van der Waals surface area (Å²) in [5, 5.41) is 9.08. The summed E-state index contributed by atoms with van der Waals surface area (Å²) in [6.45, 7) is 4.21. The van der Waals surface area contributed by atoms with E-state index in [1.54, 1.807) is 0 Å². The van der Waals surface area contributed by atoms with Crippen LogP contribution in [0.5, 0.6) is 0 Å². The Bertz CT molecular complexity index is 374. The molecule has 0 spiro atoms. The van der Waals surface area contributed by atoms with Crippen LogP contribution in [-0.4, -0.2) is 29.4 Å². The summed E-state index contributed by atoms with van der Waals surface area (Å²) in [6.07, 6.45) is 14.1. The zero-order valence-electron chi connectivity index (χ0n) is 16.8. The van der Waals surface area contributed by atoms with Crippen molar-refractivity contribution in [3.8, 4) is 0 Å². The molecule has 2 unspecified atom stereocenters. The molecule has 2 atom stereocenters. The van der Waals surface area contributed by atoms with Gasteiger partial charge in [-0.25, -0.2) is 8.42 Å². The predicted octanol–water partition coefficient (Wildman–Crippen LogP) is 2.16. The van der Waals surface area contributed by atoms with Crippen LogP contribution in [0.15, 0.2) is 0 Å². The van der Waals surface area contributed by atoms with E-state index in [4.69, 9.17) is 0 Å². The van der Waals surface area contributed by atoms with Crippen molar-refractivity contribution in [2.45, 2.75) is 122 Å². The van der Waals surface area contributed by atoms with Gasteiger partial charge in [0, 0.05) is 5.25 Å². The van der Waals surface area contributed by atoms with E-state index in [0.717, 1.165) is 83.5 Å². The van der Waals surface area contributed by atoms with E-state index in [1.807, 2.05) is 0 Å². The number of unbranched alkanes of at least 4 members (excludes halogenated alkanes) is 8. The predicted molar refractivity (Wildman–Crippen MR) is 100 cm³/mol. The minimum atomic E-state index is -4.14. The fourth-order valence-corrected chi connectivity index (χ4v) is 4.01. The van der Waals surface area contributed by atoms with Crippen molar-refractivity contribution in [3.05, 3.63) is 0 Å². The molecule has 0 amide bonds. The molecule has 0 radical (unpaired) electrons. The Balaban J connectivity index is 0. The van der Waals surface area contributed by atoms with E-state index in [1.165, 1.54) is 0 Å². The van der Waals surface area contributed by atoms with Gasteiger partial charge in [0.2, 0.25) is 0 Å². The maximum absolute atomic E-state index is 11.3. The van der Waals surface area contributed by atoms with Crippen LogP contribution in [0.1, 0.15) is 110 Å². The van der Waals surface area contributed by atoms with Gasteiger partial charge in [-0.3, -0.25) is 0 Å². The number of aliphatic hydroxyl groups is 1. The molecular weight excluding hydrogens is 347 g/mol. The largest absolute Gasteiger partial charge is 1.00 e. The number of hydrogen-bond donors (Lipinski definition) is 1. The van der Waals surface area contributed by atoms with Crippen LogP contribution in [0.2, 0.25) is 0 Å². The average molecular weight is 387 g/mol. The standard InChI is InChI=1S/C19H40O4S.Na/c1-3-5-11-16-19(24(21,22)23)17-13-10-8-7-9-12-15-18(20)14-6-4-2;/h18-20H,3-17H2,1-2H3,(H,21,22,23);/q;+1/p-1. The molecule has 0 aromatic carbocycles. The van der Waals surface area contributed by atoms with Gasteiger partial charge < -0.3 is 9.66 Å². The van der Waals surface area contributed by atoms with Gasteiger partial charge in [0.05, 0.1) is 16.2 Å². The summed E-state index contributed by atoms with van der Waals surface area (Å²) in [7, 11) is -4.14. The van der Waals surface area contributed by atoms with E-state index in [0.29, 0.717) is 12.8 Å². The molecule has 6 heteroatoms. The molecule has 0 heterocycles. The zero-order valence-corrected chi connectivity index (χ0v) is 19.7. The smallest absolute Gasteiger partial charge is 0.748 e. The first-order chi connectivity index (χ1) is 11.4. The molecule has 0 aliphatic heterocycles. The first kappa shape index (κ1) is 28.1. The first-order valence-electron chi connectivity index (χ1n) is 10.0. The van der Waals surface area contributed by atoms with Crippen LogP contribution in [0, 0.1) is 0 Å². The normalized spacial score (nSPS) is 14.1. The van der Waals surface area contributed by atoms with Gasteiger partial charge in [-0.2, -0.15) is 0 Å². The Morgan fingerprint density at radius 3 is 1.60 bits per heavy atom.